The lowest BCUT2D eigenvalue weighted by Crippen LogP contribution is -2.50. The van der Waals surface area contributed by atoms with Gasteiger partial charge >= 0.3 is 0 Å². The molecule has 2 aromatic carbocycles. The summed E-state index contributed by atoms with van der Waals surface area (Å²) in [5.74, 6) is 0.603. The maximum absolute atomic E-state index is 13.0. The predicted octanol–water partition coefficient (Wildman–Crippen LogP) is 3.22. The van der Waals surface area contributed by atoms with Gasteiger partial charge in [0.15, 0.2) is 0 Å². The normalized spacial score (nSPS) is 18.3. The fourth-order valence-electron chi connectivity index (χ4n) is 4.47. The molecular weight excluding hydrogens is 438 g/mol. The van der Waals surface area contributed by atoms with Crippen molar-refractivity contribution in [1.29, 1.82) is 0 Å². The number of amides is 1. The van der Waals surface area contributed by atoms with E-state index in [1.165, 1.54) is 29.1 Å². The van der Waals surface area contributed by atoms with Gasteiger partial charge in [0.25, 0.3) is 5.91 Å². The highest BCUT2D eigenvalue weighted by atomic mass is 32.2. The zero-order chi connectivity index (χ0) is 23.3. The zero-order valence-corrected chi connectivity index (χ0v) is 20.1. The van der Waals surface area contributed by atoms with Crippen molar-refractivity contribution in [1.82, 2.24) is 14.1 Å². The number of ether oxygens (including phenoxy) is 1. The van der Waals surface area contributed by atoms with Gasteiger partial charge in [0, 0.05) is 38.3 Å². The SMILES string of the molecule is CCOc1ccc(S(=O)(=O)N2CCN(C(=O)c3ccc(CN4CCCCC4)cc3)CC2)cc1. The molecule has 2 aromatic rings. The van der Waals surface area contributed by atoms with Crippen molar-refractivity contribution in [2.75, 3.05) is 45.9 Å². The molecular formula is C25H33N3O4S. The molecule has 0 aliphatic carbocycles. The number of hydrogen-bond donors (Lipinski definition) is 0. The summed E-state index contributed by atoms with van der Waals surface area (Å²) in [5.41, 5.74) is 1.87. The highest BCUT2D eigenvalue weighted by Gasteiger charge is 2.30. The summed E-state index contributed by atoms with van der Waals surface area (Å²) < 4.78 is 32.8. The van der Waals surface area contributed by atoms with Crippen molar-refractivity contribution in [3.8, 4) is 5.75 Å². The first-order chi connectivity index (χ1) is 16.0. The molecule has 7 nitrogen and oxygen atoms in total. The third-order valence-electron chi connectivity index (χ3n) is 6.35. The molecule has 1 amide bonds. The molecule has 2 heterocycles. The van der Waals surface area contributed by atoms with Crippen LogP contribution in [0.15, 0.2) is 53.4 Å². The van der Waals surface area contributed by atoms with Gasteiger partial charge in [-0.05, 0) is 74.8 Å². The molecule has 0 unspecified atom stereocenters. The molecule has 0 aromatic heterocycles. The second-order valence-corrected chi connectivity index (χ2v) is 10.6. The molecule has 0 spiro atoms. The van der Waals surface area contributed by atoms with Gasteiger partial charge in [-0.3, -0.25) is 9.69 Å². The highest BCUT2D eigenvalue weighted by molar-refractivity contribution is 7.89. The van der Waals surface area contributed by atoms with Crippen LogP contribution in [0.4, 0.5) is 0 Å². The molecule has 0 radical (unpaired) electrons. The third kappa shape index (κ3) is 5.75. The van der Waals surface area contributed by atoms with Crippen LogP contribution in [0.3, 0.4) is 0 Å². The van der Waals surface area contributed by atoms with Crippen LogP contribution in [-0.2, 0) is 16.6 Å². The van der Waals surface area contributed by atoms with Gasteiger partial charge < -0.3 is 9.64 Å². The van der Waals surface area contributed by atoms with Crippen LogP contribution < -0.4 is 4.74 Å². The first kappa shape index (κ1) is 23.7. The van der Waals surface area contributed by atoms with E-state index in [-0.39, 0.29) is 23.9 Å². The number of benzene rings is 2. The lowest BCUT2D eigenvalue weighted by Gasteiger charge is -2.34. The average molecular weight is 472 g/mol. The Kier molecular flexibility index (Phi) is 7.67. The number of carbonyl (C=O) groups excluding carboxylic acids is 1. The molecule has 0 N–H and O–H groups in total. The van der Waals surface area contributed by atoms with Crippen molar-refractivity contribution in [3.05, 3.63) is 59.7 Å². The van der Waals surface area contributed by atoms with Gasteiger partial charge in [-0.15, -0.1) is 0 Å². The van der Waals surface area contributed by atoms with Crippen LogP contribution in [0.5, 0.6) is 5.75 Å². The van der Waals surface area contributed by atoms with Crippen molar-refractivity contribution < 1.29 is 17.9 Å². The molecule has 2 fully saturated rings. The molecule has 178 valence electrons. The van der Waals surface area contributed by atoms with Crippen LogP contribution in [0.2, 0.25) is 0 Å². The fourth-order valence-corrected chi connectivity index (χ4v) is 5.89. The van der Waals surface area contributed by atoms with Crippen molar-refractivity contribution in [3.63, 3.8) is 0 Å². The second-order valence-electron chi connectivity index (χ2n) is 8.63. The summed E-state index contributed by atoms with van der Waals surface area (Å²) in [6.45, 7) is 6.96. The van der Waals surface area contributed by atoms with Crippen molar-refractivity contribution in [2.45, 2.75) is 37.6 Å². The van der Waals surface area contributed by atoms with Gasteiger partial charge in [-0.1, -0.05) is 18.6 Å². The number of piperazine rings is 1. The summed E-state index contributed by atoms with van der Waals surface area (Å²) in [6, 6.07) is 14.3. The Hall–Kier alpha value is -2.42. The van der Waals surface area contributed by atoms with E-state index in [9.17, 15) is 13.2 Å². The summed E-state index contributed by atoms with van der Waals surface area (Å²) in [7, 11) is -3.59. The van der Waals surface area contributed by atoms with E-state index in [1.54, 1.807) is 29.2 Å². The summed E-state index contributed by atoms with van der Waals surface area (Å²) in [4.78, 5) is 17.4. The maximum Gasteiger partial charge on any atom is 0.253 e. The minimum Gasteiger partial charge on any atom is -0.494 e. The van der Waals surface area contributed by atoms with E-state index >= 15 is 0 Å². The molecule has 2 aliphatic rings. The third-order valence-corrected chi connectivity index (χ3v) is 8.27. The Morgan fingerprint density at radius 2 is 1.48 bits per heavy atom. The summed E-state index contributed by atoms with van der Waals surface area (Å²) in [5, 5.41) is 0. The van der Waals surface area contributed by atoms with E-state index in [4.69, 9.17) is 4.74 Å². The summed E-state index contributed by atoms with van der Waals surface area (Å²) >= 11 is 0. The lowest BCUT2D eigenvalue weighted by atomic mass is 10.1. The Labute approximate surface area is 197 Å². The predicted molar refractivity (Wildman–Crippen MR) is 128 cm³/mol. The number of hydrogen-bond acceptors (Lipinski definition) is 5. The number of nitrogens with zero attached hydrogens (tertiary/aromatic N) is 3. The Balaban J connectivity index is 1.32. The maximum atomic E-state index is 13.0. The smallest absolute Gasteiger partial charge is 0.253 e. The van der Waals surface area contributed by atoms with Crippen LogP contribution in [0.25, 0.3) is 0 Å². The number of piperidine rings is 1. The van der Waals surface area contributed by atoms with Crippen LogP contribution >= 0.6 is 0 Å². The number of sulfonamides is 1. The minimum atomic E-state index is -3.59. The van der Waals surface area contributed by atoms with Gasteiger partial charge in [-0.2, -0.15) is 4.31 Å². The Morgan fingerprint density at radius 3 is 2.09 bits per heavy atom. The van der Waals surface area contributed by atoms with Gasteiger partial charge in [0.1, 0.15) is 5.75 Å². The van der Waals surface area contributed by atoms with E-state index in [1.807, 2.05) is 31.2 Å². The zero-order valence-electron chi connectivity index (χ0n) is 19.3. The van der Waals surface area contributed by atoms with Crippen molar-refractivity contribution in [2.24, 2.45) is 0 Å². The van der Waals surface area contributed by atoms with E-state index in [0.29, 0.717) is 31.0 Å². The highest BCUT2D eigenvalue weighted by Crippen LogP contribution is 2.22. The van der Waals surface area contributed by atoms with Gasteiger partial charge in [0.2, 0.25) is 10.0 Å². The first-order valence-electron chi connectivity index (χ1n) is 11.8. The van der Waals surface area contributed by atoms with E-state index in [2.05, 4.69) is 4.90 Å². The number of likely N-dealkylation sites (tertiary alicyclic amines) is 1. The Bertz CT molecular complexity index is 1020. The second kappa shape index (κ2) is 10.7. The fraction of sp³-hybridized carbons (Fsp3) is 0.480. The standard InChI is InChI=1S/C25H33N3O4S/c1-2-32-23-10-12-24(13-11-23)33(30,31)28-18-16-27(17-19-28)25(29)22-8-6-21(7-9-22)20-26-14-4-3-5-15-26/h6-13H,2-5,14-20H2,1H3. The van der Waals surface area contributed by atoms with Crippen LogP contribution in [-0.4, -0.2) is 74.3 Å². The first-order valence-corrected chi connectivity index (χ1v) is 13.2. The minimum absolute atomic E-state index is 0.0439. The van der Waals surface area contributed by atoms with Gasteiger partial charge in [-0.25, -0.2) is 8.42 Å². The van der Waals surface area contributed by atoms with Crippen LogP contribution in [0, 0.1) is 0 Å². The van der Waals surface area contributed by atoms with E-state index < -0.39 is 10.0 Å². The monoisotopic (exact) mass is 471 g/mol. The van der Waals surface area contributed by atoms with Gasteiger partial charge in [0.05, 0.1) is 11.5 Å². The number of rotatable bonds is 7. The average Bonchev–Trinajstić information content (AvgIpc) is 2.85. The van der Waals surface area contributed by atoms with E-state index in [0.717, 1.165) is 19.6 Å². The molecule has 0 atom stereocenters. The molecule has 4 rings (SSSR count). The van der Waals surface area contributed by atoms with Crippen molar-refractivity contribution >= 4 is 15.9 Å². The van der Waals surface area contributed by atoms with Crippen LogP contribution in [0.1, 0.15) is 42.1 Å². The molecule has 0 bridgehead atoms. The summed E-state index contributed by atoms with van der Waals surface area (Å²) in [6.07, 6.45) is 3.84. The molecule has 0 saturated carbocycles. The Morgan fingerprint density at radius 1 is 0.848 bits per heavy atom. The molecule has 2 saturated heterocycles. The largest absolute Gasteiger partial charge is 0.494 e. The molecule has 8 heteroatoms. The topological polar surface area (TPSA) is 70.2 Å². The molecule has 2 aliphatic heterocycles. The molecule has 33 heavy (non-hydrogen) atoms. The number of carbonyl (C=O) groups is 1. The lowest BCUT2D eigenvalue weighted by molar-refractivity contribution is 0.0698. The quantitative estimate of drug-likeness (QED) is 0.620.